The highest BCUT2D eigenvalue weighted by Crippen LogP contribution is 2.40. The Hall–Kier alpha value is -2.14. The maximum atomic E-state index is 12.3. The summed E-state index contributed by atoms with van der Waals surface area (Å²) in [6, 6.07) is 6.88. The normalized spacial score (nSPS) is 14.0. The summed E-state index contributed by atoms with van der Waals surface area (Å²) >= 11 is 1.58. The predicted molar refractivity (Wildman–Crippen MR) is 92.3 cm³/mol. The van der Waals surface area contributed by atoms with Crippen LogP contribution in [0.5, 0.6) is 5.75 Å². The van der Waals surface area contributed by atoms with E-state index in [9.17, 15) is 9.90 Å². The lowest BCUT2D eigenvalue weighted by molar-refractivity contribution is 0.0526. The fraction of sp³-hybridized carbons (Fsp3) is 0.333. The van der Waals surface area contributed by atoms with Gasteiger partial charge in [0.25, 0.3) is 0 Å². The van der Waals surface area contributed by atoms with E-state index in [2.05, 4.69) is 4.99 Å². The molecule has 3 rings (SSSR count). The summed E-state index contributed by atoms with van der Waals surface area (Å²) in [4.78, 5) is 18.1. The molecular weight excluding hydrogens is 310 g/mol. The van der Waals surface area contributed by atoms with E-state index in [1.807, 2.05) is 13.0 Å². The number of fused-ring (bicyclic) bond motifs is 1. The second-order valence-electron chi connectivity index (χ2n) is 5.46. The summed E-state index contributed by atoms with van der Waals surface area (Å²) in [5.41, 5.74) is 2.54. The maximum Gasteiger partial charge on any atom is 0.341 e. The zero-order valence-corrected chi connectivity index (χ0v) is 13.9. The molecule has 1 aromatic heterocycles. The third-order valence-corrected chi connectivity index (χ3v) is 5.03. The van der Waals surface area contributed by atoms with E-state index in [1.165, 1.54) is 4.88 Å². The Balaban J connectivity index is 1.97. The van der Waals surface area contributed by atoms with Crippen molar-refractivity contribution in [3.63, 3.8) is 0 Å². The summed E-state index contributed by atoms with van der Waals surface area (Å²) in [7, 11) is 0. The van der Waals surface area contributed by atoms with Gasteiger partial charge in [0.1, 0.15) is 10.8 Å². The molecule has 0 unspecified atom stereocenters. The lowest BCUT2D eigenvalue weighted by atomic mass is 9.95. The van der Waals surface area contributed by atoms with Crippen LogP contribution in [0.25, 0.3) is 0 Å². The Kier molecular flexibility index (Phi) is 4.76. The third-order valence-electron chi connectivity index (χ3n) is 3.83. The van der Waals surface area contributed by atoms with Gasteiger partial charge in [0, 0.05) is 11.1 Å². The van der Waals surface area contributed by atoms with Crippen LogP contribution in [-0.2, 0) is 17.6 Å². The third kappa shape index (κ3) is 3.45. The Morgan fingerprint density at radius 1 is 1.39 bits per heavy atom. The molecule has 120 valence electrons. The molecule has 0 saturated heterocycles. The van der Waals surface area contributed by atoms with Crippen LogP contribution in [0.2, 0.25) is 0 Å². The number of carbonyl (C=O) groups excluding carboxylic acids is 1. The standard InChI is InChI=1S/C18H19NO3S/c1-2-22-18(21)16-14-8-3-4-9-15(14)23-17(16)19-11-12-6-5-7-13(20)10-12/h5-7,10-11,20H,2-4,8-9H2,1H3. The van der Waals surface area contributed by atoms with Crippen molar-refractivity contribution in [2.45, 2.75) is 32.6 Å². The molecule has 0 saturated carbocycles. The lowest BCUT2D eigenvalue weighted by Crippen LogP contribution is -2.09. The molecule has 1 heterocycles. The van der Waals surface area contributed by atoms with Gasteiger partial charge < -0.3 is 9.84 Å². The van der Waals surface area contributed by atoms with Gasteiger partial charge in [-0.1, -0.05) is 12.1 Å². The number of aryl methyl sites for hydroxylation is 1. The number of phenolic OH excluding ortho intramolecular Hbond substituents is 1. The van der Waals surface area contributed by atoms with E-state index >= 15 is 0 Å². The average molecular weight is 329 g/mol. The van der Waals surface area contributed by atoms with Crippen LogP contribution >= 0.6 is 11.3 Å². The Bertz CT molecular complexity index is 749. The number of phenols is 1. The molecule has 0 atom stereocenters. The zero-order valence-electron chi connectivity index (χ0n) is 13.0. The van der Waals surface area contributed by atoms with Crippen molar-refractivity contribution in [3.05, 3.63) is 45.8 Å². The number of benzene rings is 1. The van der Waals surface area contributed by atoms with Crippen LogP contribution in [0, 0.1) is 0 Å². The molecule has 0 spiro atoms. The molecular formula is C18H19NO3S. The second kappa shape index (κ2) is 6.96. The van der Waals surface area contributed by atoms with Gasteiger partial charge in [0.15, 0.2) is 0 Å². The van der Waals surface area contributed by atoms with Crippen molar-refractivity contribution >= 4 is 28.5 Å². The van der Waals surface area contributed by atoms with Gasteiger partial charge in [-0.25, -0.2) is 9.79 Å². The minimum Gasteiger partial charge on any atom is -0.508 e. The van der Waals surface area contributed by atoms with E-state index in [0.29, 0.717) is 17.2 Å². The van der Waals surface area contributed by atoms with Crippen LogP contribution in [0.3, 0.4) is 0 Å². The quantitative estimate of drug-likeness (QED) is 0.673. The van der Waals surface area contributed by atoms with Crippen LogP contribution in [-0.4, -0.2) is 23.9 Å². The van der Waals surface area contributed by atoms with Crippen molar-refractivity contribution in [1.29, 1.82) is 0 Å². The van der Waals surface area contributed by atoms with E-state index < -0.39 is 0 Å². The maximum absolute atomic E-state index is 12.3. The number of nitrogens with zero attached hydrogens (tertiary/aromatic N) is 1. The SMILES string of the molecule is CCOC(=O)c1c(N=Cc2cccc(O)c2)sc2c1CCCC2. The first-order valence-corrected chi connectivity index (χ1v) is 8.65. The summed E-state index contributed by atoms with van der Waals surface area (Å²) in [5.74, 6) is -0.0833. The molecule has 0 radical (unpaired) electrons. The highest BCUT2D eigenvalue weighted by atomic mass is 32.1. The molecule has 5 heteroatoms. The first-order valence-electron chi connectivity index (χ1n) is 7.83. The van der Waals surface area contributed by atoms with Crippen molar-refractivity contribution in [1.82, 2.24) is 0 Å². The molecule has 4 nitrogen and oxygen atoms in total. The molecule has 1 aliphatic rings. The van der Waals surface area contributed by atoms with Crippen LogP contribution in [0.1, 0.15) is 46.1 Å². The van der Waals surface area contributed by atoms with Crippen LogP contribution in [0.15, 0.2) is 29.3 Å². The van der Waals surface area contributed by atoms with Gasteiger partial charge in [-0.15, -0.1) is 11.3 Å². The number of esters is 1. The molecule has 0 amide bonds. The van der Waals surface area contributed by atoms with E-state index in [-0.39, 0.29) is 11.7 Å². The van der Waals surface area contributed by atoms with Crippen LogP contribution < -0.4 is 0 Å². The first kappa shape index (κ1) is 15.7. The summed E-state index contributed by atoms with van der Waals surface area (Å²) in [6.07, 6.45) is 5.87. The van der Waals surface area contributed by atoms with Gasteiger partial charge in [0.2, 0.25) is 0 Å². The van der Waals surface area contributed by atoms with Crippen LogP contribution in [0.4, 0.5) is 5.00 Å². The lowest BCUT2D eigenvalue weighted by Gasteiger charge is -2.11. The monoisotopic (exact) mass is 329 g/mol. The van der Waals surface area contributed by atoms with E-state index in [0.717, 1.165) is 36.8 Å². The van der Waals surface area contributed by atoms with Crippen molar-refractivity contribution < 1.29 is 14.6 Å². The highest BCUT2D eigenvalue weighted by Gasteiger charge is 2.25. The largest absolute Gasteiger partial charge is 0.508 e. The smallest absolute Gasteiger partial charge is 0.341 e. The van der Waals surface area contributed by atoms with Gasteiger partial charge in [-0.2, -0.15) is 0 Å². The van der Waals surface area contributed by atoms with Gasteiger partial charge in [0.05, 0.1) is 12.2 Å². The van der Waals surface area contributed by atoms with Gasteiger partial charge in [-0.3, -0.25) is 0 Å². The zero-order chi connectivity index (χ0) is 16.2. The average Bonchev–Trinajstić information content (AvgIpc) is 2.91. The van der Waals surface area contributed by atoms with E-state index in [4.69, 9.17) is 4.74 Å². The number of aliphatic imine (C=N–C) groups is 1. The molecule has 2 aromatic rings. The summed E-state index contributed by atoms with van der Waals surface area (Å²) in [5, 5.41) is 10.2. The molecule has 0 fully saturated rings. The molecule has 1 aromatic carbocycles. The predicted octanol–water partition coefficient (Wildman–Crippen LogP) is 4.26. The Morgan fingerprint density at radius 3 is 3.00 bits per heavy atom. The van der Waals surface area contributed by atoms with E-state index in [1.54, 1.807) is 35.8 Å². The number of carbonyl (C=O) groups is 1. The molecule has 1 aliphatic carbocycles. The number of thiophene rings is 1. The molecule has 0 bridgehead atoms. The number of hydrogen-bond acceptors (Lipinski definition) is 5. The number of aromatic hydroxyl groups is 1. The van der Waals surface area contributed by atoms with Crippen molar-refractivity contribution in [3.8, 4) is 5.75 Å². The van der Waals surface area contributed by atoms with Gasteiger partial charge >= 0.3 is 5.97 Å². The number of rotatable bonds is 4. The van der Waals surface area contributed by atoms with Crippen molar-refractivity contribution in [2.75, 3.05) is 6.61 Å². The molecule has 1 N–H and O–H groups in total. The highest BCUT2D eigenvalue weighted by molar-refractivity contribution is 7.16. The minimum atomic E-state index is -0.282. The second-order valence-corrected chi connectivity index (χ2v) is 6.55. The van der Waals surface area contributed by atoms with Crippen molar-refractivity contribution in [2.24, 2.45) is 4.99 Å². The Morgan fingerprint density at radius 2 is 2.22 bits per heavy atom. The van der Waals surface area contributed by atoms with Gasteiger partial charge in [-0.05, 0) is 55.9 Å². The fourth-order valence-electron chi connectivity index (χ4n) is 2.79. The minimum absolute atomic E-state index is 0.199. The number of ether oxygens (including phenoxy) is 1. The topological polar surface area (TPSA) is 58.9 Å². The number of hydrogen-bond donors (Lipinski definition) is 1. The summed E-state index contributed by atoms with van der Waals surface area (Å²) < 4.78 is 5.22. The molecule has 0 aliphatic heterocycles. The Labute approximate surface area is 139 Å². The first-order chi connectivity index (χ1) is 11.2. The molecule has 23 heavy (non-hydrogen) atoms. The fourth-order valence-corrected chi connectivity index (χ4v) is 4.02. The summed E-state index contributed by atoms with van der Waals surface area (Å²) in [6.45, 7) is 2.17.